The van der Waals surface area contributed by atoms with Gasteiger partial charge in [-0.2, -0.15) is 0 Å². The molecule has 3 aromatic rings. The predicted octanol–water partition coefficient (Wildman–Crippen LogP) is 5.05. The fourth-order valence-corrected chi connectivity index (χ4v) is 4.99. The molecule has 1 atom stereocenters. The molecule has 192 valence electrons. The van der Waals surface area contributed by atoms with Gasteiger partial charge in [0.25, 0.3) is 5.91 Å². The number of rotatable bonds is 9. The first-order valence-corrected chi connectivity index (χ1v) is 12.1. The van der Waals surface area contributed by atoms with Crippen LogP contribution in [-0.4, -0.2) is 50.1 Å². The summed E-state index contributed by atoms with van der Waals surface area (Å²) >= 11 is 3.44. The zero-order chi connectivity index (χ0) is 26.7. The highest BCUT2D eigenvalue weighted by Gasteiger charge is 2.53. The van der Waals surface area contributed by atoms with Crippen LogP contribution in [0.1, 0.15) is 21.5 Å². The van der Waals surface area contributed by atoms with Crippen LogP contribution in [0.25, 0.3) is 0 Å². The molecule has 0 bridgehead atoms. The average molecular weight is 568 g/mol. The summed E-state index contributed by atoms with van der Waals surface area (Å²) in [4.78, 5) is 29.1. The fraction of sp³-hybridized carbons (Fsp3) is 0.214. The van der Waals surface area contributed by atoms with E-state index in [-0.39, 0.29) is 6.54 Å². The third-order valence-corrected chi connectivity index (χ3v) is 6.91. The number of aliphatic hydroxyl groups is 1. The second-order valence-electron chi connectivity index (χ2n) is 8.29. The zero-order valence-electron chi connectivity index (χ0n) is 20.8. The third kappa shape index (κ3) is 4.62. The van der Waals surface area contributed by atoms with E-state index in [1.54, 1.807) is 61.7 Å². The quantitative estimate of drug-likeness (QED) is 0.362. The highest BCUT2D eigenvalue weighted by molar-refractivity contribution is 9.10. The molecule has 37 heavy (non-hydrogen) atoms. The van der Waals surface area contributed by atoms with Crippen LogP contribution in [0.2, 0.25) is 0 Å². The normalized spacial score (nSPS) is 16.8. The van der Waals surface area contributed by atoms with E-state index < -0.39 is 23.0 Å². The molecule has 3 aromatic carbocycles. The monoisotopic (exact) mass is 567 g/mol. The van der Waals surface area contributed by atoms with Crippen molar-refractivity contribution in [3.63, 3.8) is 0 Å². The fourth-order valence-electron chi connectivity index (χ4n) is 4.45. The topological polar surface area (TPSA) is 94.5 Å². The van der Waals surface area contributed by atoms with E-state index in [1.807, 2.05) is 6.07 Å². The Bertz CT molecular complexity index is 1390. The Morgan fingerprint density at radius 3 is 2.24 bits per heavy atom. The largest absolute Gasteiger partial charge is 0.503 e. The number of carbonyl (C=O) groups excluding carboxylic acids is 2. The van der Waals surface area contributed by atoms with Crippen LogP contribution >= 0.6 is 15.9 Å². The minimum absolute atomic E-state index is 0.0218. The molecule has 4 rings (SSSR count). The van der Waals surface area contributed by atoms with Gasteiger partial charge < -0.3 is 29.0 Å². The second-order valence-corrected chi connectivity index (χ2v) is 9.14. The number of aliphatic hydroxyl groups excluding tert-OH is 1. The maximum Gasteiger partial charge on any atom is 0.290 e. The number of halogens is 1. The SMILES string of the molecule is COc1cccc(CN2C(=O)C(O)=CC2(C(=O)c2ccc(OC)c(Br)c2)c2ccc(OC)c(OC)c2)c1. The van der Waals surface area contributed by atoms with Gasteiger partial charge >= 0.3 is 0 Å². The Hall–Kier alpha value is -3.98. The lowest BCUT2D eigenvalue weighted by molar-refractivity contribution is -0.131. The van der Waals surface area contributed by atoms with Crippen LogP contribution in [0, 0.1) is 0 Å². The van der Waals surface area contributed by atoms with Crippen LogP contribution in [0.5, 0.6) is 23.0 Å². The molecule has 0 spiro atoms. The number of hydrogen-bond donors (Lipinski definition) is 1. The number of methoxy groups -OCH3 is 4. The van der Waals surface area contributed by atoms with Crippen molar-refractivity contribution in [1.29, 1.82) is 0 Å². The lowest BCUT2D eigenvalue weighted by atomic mass is 9.81. The molecule has 9 heteroatoms. The Morgan fingerprint density at radius 1 is 0.892 bits per heavy atom. The van der Waals surface area contributed by atoms with Crippen LogP contribution in [0.3, 0.4) is 0 Å². The first kappa shape index (κ1) is 26.1. The van der Waals surface area contributed by atoms with Crippen molar-refractivity contribution in [2.75, 3.05) is 28.4 Å². The summed E-state index contributed by atoms with van der Waals surface area (Å²) in [7, 11) is 6.07. The molecule has 1 unspecified atom stereocenters. The van der Waals surface area contributed by atoms with Crippen molar-refractivity contribution in [2.45, 2.75) is 12.1 Å². The summed E-state index contributed by atoms with van der Waals surface area (Å²) in [5.74, 6) is 0.337. The Morgan fingerprint density at radius 2 is 1.59 bits per heavy atom. The number of ketones is 1. The van der Waals surface area contributed by atoms with Crippen LogP contribution in [-0.2, 0) is 16.9 Å². The first-order chi connectivity index (χ1) is 17.8. The Kier molecular flexibility index (Phi) is 7.45. The summed E-state index contributed by atoms with van der Waals surface area (Å²) in [6.07, 6.45) is 1.29. The van der Waals surface area contributed by atoms with E-state index in [0.29, 0.717) is 44.2 Å². The lowest BCUT2D eigenvalue weighted by Crippen LogP contribution is -2.49. The number of benzene rings is 3. The van der Waals surface area contributed by atoms with Gasteiger partial charge in [0, 0.05) is 18.2 Å². The van der Waals surface area contributed by atoms with Crippen LogP contribution in [0.15, 0.2) is 77.0 Å². The molecule has 1 aliphatic rings. The maximum atomic E-state index is 14.4. The van der Waals surface area contributed by atoms with Crippen molar-refractivity contribution >= 4 is 27.6 Å². The van der Waals surface area contributed by atoms with Gasteiger partial charge in [0.1, 0.15) is 11.5 Å². The first-order valence-electron chi connectivity index (χ1n) is 11.3. The van der Waals surface area contributed by atoms with Gasteiger partial charge in [-0.1, -0.05) is 18.2 Å². The van der Waals surface area contributed by atoms with Crippen LogP contribution in [0.4, 0.5) is 0 Å². The molecule has 0 aliphatic carbocycles. The zero-order valence-corrected chi connectivity index (χ0v) is 22.4. The van der Waals surface area contributed by atoms with Gasteiger partial charge in [0.05, 0.1) is 32.9 Å². The minimum Gasteiger partial charge on any atom is -0.503 e. The van der Waals surface area contributed by atoms with Crippen molar-refractivity contribution in [3.05, 3.63) is 93.7 Å². The van der Waals surface area contributed by atoms with Crippen molar-refractivity contribution in [3.8, 4) is 23.0 Å². The van der Waals surface area contributed by atoms with Gasteiger partial charge in [-0.15, -0.1) is 0 Å². The van der Waals surface area contributed by atoms with Crippen molar-refractivity contribution in [1.82, 2.24) is 4.90 Å². The Labute approximate surface area is 223 Å². The van der Waals surface area contributed by atoms with Gasteiger partial charge in [-0.3, -0.25) is 9.59 Å². The number of amides is 1. The summed E-state index contributed by atoms with van der Waals surface area (Å²) < 4.78 is 22.1. The van der Waals surface area contributed by atoms with E-state index in [0.717, 1.165) is 0 Å². The van der Waals surface area contributed by atoms with Crippen molar-refractivity contribution in [2.24, 2.45) is 0 Å². The van der Waals surface area contributed by atoms with Gasteiger partial charge in [-0.25, -0.2) is 0 Å². The number of ether oxygens (including phenoxy) is 4. The average Bonchev–Trinajstić information content (AvgIpc) is 3.17. The lowest BCUT2D eigenvalue weighted by Gasteiger charge is -2.37. The van der Waals surface area contributed by atoms with E-state index >= 15 is 0 Å². The van der Waals surface area contributed by atoms with E-state index in [4.69, 9.17) is 18.9 Å². The number of nitrogens with zero attached hydrogens (tertiary/aromatic N) is 1. The van der Waals surface area contributed by atoms with Gasteiger partial charge in [0.15, 0.2) is 28.6 Å². The molecule has 8 nitrogen and oxygen atoms in total. The highest BCUT2D eigenvalue weighted by atomic mass is 79.9. The molecule has 1 N–H and O–H groups in total. The number of Topliss-reactive ketones (excluding diaryl/α,β-unsaturated/α-hetero) is 1. The molecule has 0 saturated heterocycles. The standard InChI is InChI=1S/C28H26BrNO7/c1-34-20-7-5-6-17(12-20)16-30-27(33)22(31)15-28(30,19-9-11-24(36-3)25(14-19)37-4)26(32)18-8-10-23(35-2)21(29)13-18/h5-15,31H,16H2,1-4H3. The van der Waals surface area contributed by atoms with Gasteiger partial charge in [-0.05, 0) is 69.5 Å². The molecule has 1 heterocycles. The molecular weight excluding hydrogens is 542 g/mol. The molecule has 0 fully saturated rings. The number of hydrogen-bond acceptors (Lipinski definition) is 7. The van der Waals surface area contributed by atoms with E-state index in [2.05, 4.69) is 15.9 Å². The highest BCUT2D eigenvalue weighted by Crippen LogP contribution is 2.44. The Balaban J connectivity index is 1.94. The molecule has 0 aromatic heterocycles. The van der Waals surface area contributed by atoms with Crippen LogP contribution < -0.4 is 18.9 Å². The smallest absolute Gasteiger partial charge is 0.290 e. The summed E-state index contributed by atoms with van der Waals surface area (Å²) in [5, 5.41) is 10.7. The van der Waals surface area contributed by atoms with Gasteiger partial charge in [0.2, 0.25) is 0 Å². The molecular formula is C28H26BrNO7. The maximum absolute atomic E-state index is 14.4. The molecule has 0 radical (unpaired) electrons. The minimum atomic E-state index is -1.68. The molecule has 0 saturated carbocycles. The second kappa shape index (κ2) is 10.6. The molecule has 1 aliphatic heterocycles. The predicted molar refractivity (Wildman–Crippen MR) is 141 cm³/mol. The molecule has 1 amide bonds. The summed E-state index contributed by atoms with van der Waals surface area (Å²) in [5.41, 5.74) is -0.249. The summed E-state index contributed by atoms with van der Waals surface area (Å²) in [6, 6.07) is 17.0. The van der Waals surface area contributed by atoms with E-state index in [9.17, 15) is 14.7 Å². The van der Waals surface area contributed by atoms with E-state index in [1.165, 1.54) is 32.3 Å². The van der Waals surface area contributed by atoms with Crippen molar-refractivity contribution < 1.29 is 33.6 Å². The number of carbonyl (C=O) groups is 2. The third-order valence-electron chi connectivity index (χ3n) is 6.29. The summed E-state index contributed by atoms with van der Waals surface area (Å²) in [6.45, 7) is 0.0218.